The van der Waals surface area contributed by atoms with Crippen LogP contribution in [0.25, 0.3) is 22.2 Å². The number of para-hydroxylation sites is 1. The van der Waals surface area contributed by atoms with E-state index in [-0.39, 0.29) is 6.04 Å². The number of fused-ring (bicyclic) bond motifs is 1. The predicted octanol–water partition coefficient (Wildman–Crippen LogP) is 9.44. The molecule has 0 spiro atoms. The van der Waals surface area contributed by atoms with Gasteiger partial charge in [-0.15, -0.1) is 0 Å². The van der Waals surface area contributed by atoms with E-state index in [2.05, 4.69) is 108 Å². The molecule has 4 heteroatoms. The smallest absolute Gasteiger partial charge is 0.0976 e. The van der Waals surface area contributed by atoms with Crippen molar-refractivity contribution in [3.63, 3.8) is 0 Å². The molecule has 1 saturated heterocycles. The van der Waals surface area contributed by atoms with Crippen LogP contribution in [0, 0.1) is 0 Å². The zero-order chi connectivity index (χ0) is 29.9. The maximum absolute atomic E-state index is 12.6. The minimum absolute atomic E-state index is 0.145. The van der Waals surface area contributed by atoms with Crippen molar-refractivity contribution in [3.05, 3.63) is 173 Å². The van der Waals surface area contributed by atoms with E-state index in [0.717, 1.165) is 53.5 Å². The average Bonchev–Trinajstić information content (AvgIpc) is 3.10. The molecule has 1 N–H and O–H groups in total. The van der Waals surface area contributed by atoms with Crippen LogP contribution in [0.4, 0.5) is 0 Å². The third-order valence-corrected chi connectivity index (χ3v) is 9.38. The molecule has 0 radical (unpaired) electrons. The second kappa shape index (κ2) is 12.4. The van der Waals surface area contributed by atoms with Crippen molar-refractivity contribution >= 4 is 22.5 Å². The van der Waals surface area contributed by atoms with E-state index in [1.54, 1.807) is 0 Å². The Bertz CT molecular complexity index is 1750. The Balaban J connectivity index is 1.44. The van der Waals surface area contributed by atoms with E-state index < -0.39 is 11.6 Å². The number of aromatic nitrogens is 1. The number of benzene rings is 5. The van der Waals surface area contributed by atoms with Gasteiger partial charge in [-0.1, -0.05) is 139 Å². The van der Waals surface area contributed by atoms with Crippen LogP contribution < -0.4 is 0 Å². The molecule has 218 valence electrons. The van der Waals surface area contributed by atoms with E-state index in [1.165, 1.54) is 16.7 Å². The summed E-state index contributed by atoms with van der Waals surface area (Å²) in [6.45, 7) is 0.855. The molecule has 0 aliphatic carbocycles. The van der Waals surface area contributed by atoms with Crippen LogP contribution in [-0.2, 0) is 5.54 Å². The van der Waals surface area contributed by atoms with E-state index in [9.17, 15) is 5.11 Å². The average molecular weight is 595 g/mol. The molecule has 2 heterocycles. The highest BCUT2D eigenvalue weighted by Gasteiger charge is 2.47. The quantitative estimate of drug-likeness (QED) is 0.187. The number of halogens is 1. The Hall–Kier alpha value is -4.28. The molecule has 7 rings (SSSR count). The summed E-state index contributed by atoms with van der Waals surface area (Å²) in [6.07, 6.45) is 2.25. The van der Waals surface area contributed by atoms with Crippen LogP contribution in [0.5, 0.6) is 0 Å². The molecule has 2 atom stereocenters. The number of likely N-dealkylation sites (tertiary alicyclic amines) is 1. The van der Waals surface area contributed by atoms with Gasteiger partial charge in [0.05, 0.1) is 22.9 Å². The Morgan fingerprint density at radius 2 is 1.23 bits per heavy atom. The Labute approximate surface area is 264 Å². The van der Waals surface area contributed by atoms with Gasteiger partial charge in [0.2, 0.25) is 0 Å². The number of piperidine rings is 1. The Kier molecular flexibility index (Phi) is 8.01. The summed E-state index contributed by atoms with van der Waals surface area (Å²) in [4.78, 5) is 7.59. The van der Waals surface area contributed by atoms with E-state index in [1.807, 2.05) is 42.5 Å². The topological polar surface area (TPSA) is 36.4 Å². The number of rotatable bonds is 7. The van der Waals surface area contributed by atoms with Crippen molar-refractivity contribution in [1.29, 1.82) is 0 Å². The first-order valence-electron chi connectivity index (χ1n) is 15.4. The lowest BCUT2D eigenvalue weighted by Gasteiger charge is -2.52. The van der Waals surface area contributed by atoms with Gasteiger partial charge in [0, 0.05) is 28.6 Å². The van der Waals surface area contributed by atoms with Gasteiger partial charge in [0.1, 0.15) is 0 Å². The van der Waals surface area contributed by atoms with Crippen LogP contribution >= 0.6 is 11.6 Å². The van der Waals surface area contributed by atoms with Crippen molar-refractivity contribution in [1.82, 2.24) is 9.88 Å². The van der Waals surface area contributed by atoms with Gasteiger partial charge in [-0.2, -0.15) is 0 Å². The second-order valence-electron chi connectivity index (χ2n) is 11.6. The summed E-state index contributed by atoms with van der Waals surface area (Å²) < 4.78 is 0. The van der Waals surface area contributed by atoms with Crippen molar-refractivity contribution in [2.75, 3.05) is 6.54 Å². The second-order valence-corrected chi connectivity index (χ2v) is 12.1. The first-order chi connectivity index (χ1) is 21.7. The lowest BCUT2D eigenvalue weighted by atomic mass is 9.73. The molecule has 1 aliphatic rings. The van der Waals surface area contributed by atoms with Gasteiger partial charge >= 0.3 is 0 Å². The Morgan fingerprint density at radius 3 is 1.82 bits per heavy atom. The number of nitrogens with zero attached hydrogens (tertiary/aromatic N) is 2. The largest absolute Gasteiger partial charge is 0.387 e. The maximum atomic E-state index is 12.6. The minimum Gasteiger partial charge on any atom is -0.387 e. The molecular formula is C40H35ClN2O. The third kappa shape index (κ3) is 5.11. The fourth-order valence-corrected chi connectivity index (χ4v) is 7.29. The van der Waals surface area contributed by atoms with Crippen molar-refractivity contribution < 1.29 is 5.11 Å². The fourth-order valence-electron chi connectivity index (χ4n) is 7.16. The number of aliphatic hydroxyl groups excluding tert-OH is 1. The van der Waals surface area contributed by atoms with Gasteiger partial charge in [0.25, 0.3) is 0 Å². The molecule has 0 amide bonds. The molecule has 0 unspecified atom stereocenters. The molecule has 1 fully saturated rings. The van der Waals surface area contributed by atoms with E-state index in [0.29, 0.717) is 5.02 Å². The highest BCUT2D eigenvalue weighted by molar-refractivity contribution is 6.30. The normalized spacial score (nSPS) is 16.5. The number of pyridine rings is 1. The van der Waals surface area contributed by atoms with E-state index in [4.69, 9.17) is 16.6 Å². The lowest BCUT2D eigenvalue weighted by molar-refractivity contribution is -0.0169. The molecule has 1 aromatic heterocycles. The summed E-state index contributed by atoms with van der Waals surface area (Å²) in [5.41, 5.74) is 6.56. The monoisotopic (exact) mass is 594 g/mol. The van der Waals surface area contributed by atoms with Crippen LogP contribution in [-0.4, -0.2) is 27.6 Å². The summed E-state index contributed by atoms with van der Waals surface area (Å²) >= 11 is 6.22. The first-order valence-corrected chi connectivity index (χ1v) is 15.8. The summed E-state index contributed by atoms with van der Waals surface area (Å²) in [5, 5.41) is 14.3. The standard InChI is InChI=1S/C40H35ClN2O/c41-33-25-23-29(24-26-33)37-28-35(34-20-10-11-21-36(34)42-37)39(44)38-22-12-13-27-43(38)40(30-14-4-1-5-15-30,31-16-6-2-7-17-31)32-18-8-3-9-19-32/h1-11,14-21,23-26,28,38-39,44H,12-13,22,27H2/t38-,39+/m1/s1. The van der Waals surface area contributed by atoms with Crippen LogP contribution in [0.1, 0.15) is 47.6 Å². The predicted molar refractivity (Wildman–Crippen MR) is 181 cm³/mol. The van der Waals surface area contributed by atoms with Crippen molar-refractivity contribution in [2.24, 2.45) is 0 Å². The molecular weight excluding hydrogens is 560 g/mol. The third-order valence-electron chi connectivity index (χ3n) is 9.13. The van der Waals surface area contributed by atoms with Gasteiger partial charge in [-0.3, -0.25) is 4.90 Å². The molecule has 6 aromatic rings. The molecule has 0 bridgehead atoms. The van der Waals surface area contributed by atoms with Crippen LogP contribution in [0.3, 0.4) is 0 Å². The minimum atomic E-state index is -0.746. The highest BCUT2D eigenvalue weighted by atomic mass is 35.5. The summed E-state index contributed by atoms with van der Waals surface area (Å²) in [5.74, 6) is 0. The van der Waals surface area contributed by atoms with Crippen molar-refractivity contribution in [2.45, 2.75) is 36.9 Å². The zero-order valence-corrected chi connectivity index (χ0v) is 25.3. The molecule has 0 saturated carbocycles. The Morgan fingerprint density at radius 1 is 0.682 bits per heavy atom. The van der Waals surface area contributed by atoms with Crippen molar-refractivity contribution in [3.8, 4) is 11.3 Å². The molecule has 3 nitrogen and oxygen atoms in total. The summed E-state index contributed by atoms with van der Waals surface area (Å²) in [6, 6.07) is 50.2. The highest BCUT2D eigenvalue weighted by Crippen LogP contribution is 2.48. The van der Waals surface area contributed by atoms with Gasteiger partial charge in [0.15, 0.2) is 0 Å². The maximum Gasteiger partial charge on any atom is 0.0976 e. The number of hydrogen-bond acceptors (Lipinski definition) is 3. The number of hydrogen-bond donors (Lipinski definition) is 1. The molecule has 1 aliphatic heterocycles. The summed E-state index contributed by atoms with van der Waals surface area (Å²) in [7, 11) is 0. The van der Waals surface area contributed by atoms with Gasteiger partial charge in [-0.05, 0) is 59.4 Å². The first kappa shape index (κ1) is 28.5. The SMILES string of the molecule is O[C@@H](c1cc(-c2ccc(Cl)cc2)nc2ccccc12)[C@H]1CCCCN1C(c1ccccc1)(c1ccccc1)c1ccccc1. The lowest BCUT2D eigenvalue weighted by Crippen LogP contribution is -2.56. The van der Waals surface area contributed by atoms with Gasteiger partial charge in [-0.25, -0.2) is 4.98 Å². The van der Waals surface area contributed by atoms with Crippen LogP contribution in [0.2, 0.25) is 5.02 Å². The molecule has 5 aromatic carbocycles. The number of aliphatic hydroxyl groups is 1. The fraction of sp³-hybridized carbons (Fsp3) is 0.175. The van der Waals surface area contributed by atoms with E-state index >= 15 is 0 Å². The van der Waals surface area contributed by atoms with Gasteiger partial charge < -0.3 is 5.11 Å². The van der Waals surface area contributed by atoms with Crippen LogP contribution in [0.15, 0.2) is 146 Å². The molecule has 44 heavy (non-hydrogen) atoms. The zero-order valence-electron chi connectivity index (χ0n) is 24.6.